The fourth-order valence-electron chi connectivity index (χ4n) is 8.34. The Hall–Kier alpha value is -0.840. The molecule has 176 valence electrons. The van der Waals surface area contributed by atoms with Crippen molar-refractivity contribution in [1.29, 1.82) is 0 Å². The van der Waals surface area contributed by atoms with Gasteiger partial charge in [0.2, 0.25) is 0 Å². The van der Waals surface area contributed by atoms with Crippen molar-refractivity contribution in [3.63, 3.8) is 0 Å². The van der Waals surface area contributed by atoms with E-state index < -0.39 is 65.2 Å². The van der Waals surface area contributed by atoms with Gasteiger partial charge in [0.25, 0.3) is 20.2 Å². The molecule has 0 aromatic heterocycles. The van der Waals surface area contributed by atoms with E-state index in [1.807, 2.05) is 27.7 Å². The van der Waals surface area contributed by atoms with Crippen molar-refractivity contribution in [2.75, 3.05) is 11.5 Å². The minimum Gasteiger partial charge on any atom is -0.299 e. The van der Waals surface area contributed by atoms with E-state index in [9.17, 15) is 35.5 Å². The van der Waals surface area contributed by atoms with Crippen molar-refractivity contribution in [3.05, 3.63) is 0 Å². The van der Waals surface area contributed by atoms with Gasteiger partial charge in [0, 0.05) is 11.8 Å². The number of carbonyl (C=O) groups is 2. The first-order chi connectivity index (χ1) is 13.9. The predicted octanol–water partition coefficient (Wildman–Crippen LogP) is 2.40. The van der Waals surface area contributed by atoms with Crippen LogP contribution in [-0.4, -0.2) is 49.0 Å². The predicted molar refractivity (Wildman–Crippen MR) is 112 cm³/mol. The van der Waals surface area contributed by atoms with Gasteiger partial charge in [-0.1, -0.05) is 27.7 Å². The minimum absolute atomic E-state index is 0.0886. The van der Waals surface area contributed by atoms with Gasteiger partial charge in [-0.25, -0.2) is 0 Å². The largest absolute Gasteiger partial charge is 0.299 e. The number of ketones is 2. The van der Waals surface area contributed by atoms with E-state index in [-0.39, 0.29) is 29.8 Å². The summed E-state index contributed by atoms with van der Waals surface area (Å²) in [5.74, 6) is -2.73. The summed E-state index contributed by atoms with van der Waals surface area (Å²) in [6.07, 6.45) is 2.40. The molecule has 0 heterocycles. The van der Waals surface area contributed by atoms with Gasteiger partial charge >= 0.3 is 0 Å². The highest BCUT2D eigenvalue weighted by Crippen LogP contribution is 2.71. The van der Waals surface area contributed by atoms with E-state index in [1.54, 1.807) is 0 Å². The monoisotopic (exact) mass is 476 g/mol. The van der Waals surface area contributed by atoms with Gasteiger partial charge in [-0.2, -0.15) is 16.8 Å². The third-order valence-corrected chi connectivity index (χ3v) is 11.8. The number of hydrogen-bond donors (Lipinski definition) is 2. The number of rotatable bonds is 6. The van der Waals surface area contributed by atoms with E-state index in [2.05, 4.69) is 0 Å². The fraction of sp³-hybridized carbons (Fsp3) is 0.905. The Labute approximate surface area is 184 Å². The van der Waals surface area contributed by atoms with E-state index >= 15 is 0 Å². The van der Waals surface area contributed by atoms with Gasteiger partial charge in [0.15, 0.2) is 0 Å². The van der Waals surface area contributed by atoms with Crippen LogP contribution in [0, 0.1) is 45.3 Å². The second-order valence-corrected chi connectivity index (χ2v) is 14.4. The van der Waals surface area contributed by atoms with Crippen molar-refractivity contribution in [2.45, 2.75) is 59.8 Å². The smallest absolute Gasteiger partial charge is 0.265 e. The van der Waals surface area contributed by atoms with E-state index in [1.165, 1.54) is 0 Å². The Morgan fingerprint density at radius 3 is 1.35 bits per heavy atom. The van der Waals surface area contributed by atoms with Crippen LogP contribution in [0.5, 0.6) is 0 Å². The average Bonchev–Trinajstić information content (AvgIpc) is 3.06. The molecule has 0 radical (unpaired) electrons. The molecule has 0 aliphatic heterocycles. The van der Waals surface area contributed by atoms with Crippen LogP contribution in [0.15, 0.2) is 0 Å². The van der Waals surface area contributed by atoms with Crippen molar-refractivity contribution in [3.8, 4) is 0 Å². The number of hydrogen-bond acceptors (Lipinski definition) is 6. The van der Waals surface area contributed by atoms with E-state index in [0.717, 1.165) is 0 Å². The molecule has 4 saturated carbocycles. The summed E-state index contributed by atoms with van der Waals surface area (Å²) in [6, 6.07) is 0. The molecule has 0 amide bonds. The van der Waals surface area contributed by atoms with Crippen LogP contribution in [0.3, 0.4) is 0 Å². The lowest BCUT2D eigenvalue weighted by Crippen LogP contribution is -2.44. The SMILES string of the molecule is CC1(C)C2CCC1(CS(=O)(=O)O)C(=O)C2CC1C(=O)C2(CS(=O)(=O)O)CCC1C2(C)C. The molecule has 6 atom stereocenters. The van der Waals surface area contributed by atoms with Crippen LogP contribution in [0.2, 0.25) is 0 Å². The normalized spacial score (nSPS) is 43.2. The summed E-state index contributed by atoms with van der Waals surface area (Å²) in [6.45, 7) is 7.50. The first-order valence-corrected chi connectivity index (χ1v) is 14.1. The Morgan fingerprint density at radius 1 is 0.742 bits per heavy atom. The second kappa shape index (κ2) is 6.39. The lowest BCUT2D eigenvalue weighted by Gasteiger charge is -2.35. The van der Waals surface area contributed by atoms with Crippen molar-refractivity contribution >= 4 is 31.8 Å². The number of Topliss-reactive ketones (excluding diaryl/α,β-unsaturated/α-hetero) is 2. The van der Waals surface area contributed by atoms with Gasteiger partial charge in [-0.15, -0.1) is 0 Å². The van der Waals surface area contributed by atoms with Crippen molar-refractivity contribution in [1.82, 2.24) is 0 Å². The molecule has 0 saturated heterocycles. The second-order valence-electron chi connectivity index (χ2n) is 11.5. The summed E-state index contributed by atoms with van der Waals surface area (Å²) in [7, 11) is -8.71. The van der Waals surface area contributed by atoms with Crippen LogP contribution in [-0.2, 0) is 29.8 Å². The van der Waals surface area contributed by atoms with Gasteiger partial charge in [0.05, 0.1) is 22.3 Å². The molecule has 4 bridgehead atoms. The summed E-state index contributed by atoms with van der Waals surface area (Å²) in [4.78, 5) is 27.1. The molecule has 4 fully saturated rings. The Balaban J connectivity index is 1.67. The third-order valence-electron chi connectivity index (χ3n) is 10.0. The number of fused-ring (bicyclic) bond motifs is 4. The van der Waals surface area contributed by atoms with E-state index in [4.69, 9.17) is 0 Å². The Morgan fingerprint density at radius 2 is 1.06 bits per heavy atom. The highest BCUT2D eigenvalue weighted by molar-refractivity contribution is 7.86. The van der Waals surface area contributed by atoms with Crippen LogP contribution >= 0.6 is 0 Å². The lowest BCUT2D eigenvalue weighted by molar-refractivity contribution is -0.134. The first-order valence-electron chi connectivity index (χ1n) is 10.9. The Kier molecular flexibility index (Phi) is 4.81. The van der Waals surface area contributed by atoms with Crippen LogP contribution in [0.4, 0.5) is 0 Å². The van der Waals surface area contributed by atoms with Gasteiger partial charge in [-0.3, -0.25) is 18.7 Å². The lowest BCUT2D eigenvalue weighted by atomic mass is 9.70. The van der Waals surface area contributed by atoms with Crippen molar-refractivity contribution in [2.24, 2.45) is 45.3 Å². The Bertz CT molecular complexity index is 973. The summed E-state index contributed by atoms with van der Waals surface area (Å²) in [5.41, 5.74) is -3.55. The zero-order chi connectivity index (χ0) is 23.4. The third kappa shape index (κ3) is 2.97. The fourth-order valence-corrected chi connectivity index (χ4v) is 10.9. The van der Waals surface area contributed by atoms with Crippen LogP contribution in [0.25, 0.3) is 0 Å². The summed E-state index contributed by atoms with van der Waals surface area (Å²) >= 11 is 0. The molecule has 6 unspecified atom stereocenters. The molecule has 8 nitrogen and oxygen atoms in total. The molecule has 31 heavy (non-hydrogen) atoms. The molecule has 0 aromatic carbocycles. The maximum absolute atomic E-state index is 13.5. The molecule has 4 rings (SSSR count). The van der Waals surface area contributed by atoms with Gasteiger partial charge < -0.3 is 0 Å². The summed E-state index contributed by atoms with van der Waals surface area (Å²) in [5, 5.41) is 0. The molecule has 4 aliphatic rings. The molecule has 0 spiro atoms. The molecule has 10 heteroatoms. The quantitative estimate of drug-likeness (QED) is 0.556. The molecular weight excluding hydrogens is 444 g/mol. The van der Waals surface area contributed by atoms with Crippen LogP contribution in [0.1, 0.15) is 59.8 Å². The van der Waals surface area contributed by atoms with Crippen molar-refractivity contribution < 1.29 is 35.5 Å². The topological polar surface area (TPSA) is 143 Å². The molecule has 0 aromatic rings. The van der Waals surface area contributed by atoms with Crippen LogP contribution < -0.4 is 0 Å². The molecule has 4 aliphatic carbocycles. The molecule has 2 N–H and O–H groups in total. The van der Waals surface area contributed by atoms with E-state index in [0.29, 0.717) is 25.7 Å². The van der Waals surface area contributed by atoms with Gasteiger partial charge in [-0.05, 0) is 54.8 Å². The van der Waals surface area contributed by atoms with Gasteiger partial charge in [0.1, 0.15) is 11.6 Å². The summed E-state index contributed by atoms with van der Waals surface area (Å²) < 4.78 is 66.0. The zero-order valence-electron chi connectivity index (χ0n) is 18.4. The first kappa shape index (κ1) is 23.3. The average molecular weight is 477 g/mol. The highest BCUT2D eigenvalue weighted by Gasteiger charge is 2.73. The maximum Gasteiger partial charge on any atom is 0.265 e. The minimum atomic E-state index is -4.36. The maximum atomic E-state index is 13.5. The molecular formula is C21H32O8S2. The zero-order valence-corrected chi connectivity index (χ0v) is 20.1. The number of carbonyl (C=O) groups excluding carboxylic acids is 2. The standard InChI is InChI=1S/C21H32O8S2/c1-18(2)14-5-7-20(18,10-30(24,25)26)16(22)12(14)9-13-15-6-8-21(17(13)23,19(15,3)4)11-31(27,28)29/h12-15H,5-11H2,1-4H3,(H,24,25,26)(H,27,28,29). The highest BCUT2D eigenvalue weighted by atomic mass is 32.2.